The Hall–Kier alpha value is -3.55. The van der Waals surface area contributed by atoms with E-state index in [1.807, 2.05) is 54.9 Å². The molecule has 2 aliphatic rings. The first kappa shape index (κ1) is 24.8. The number of rotatable bonds is 5. The molecule has 4 aromatic rings. The number of phenols is 1. The minimum absolute atomic E-state index is 0.170. The van der Waals surface area contributed by atoms with E-state index in [4.69, 9.17) is 23.8 Å². The summed E-state index contributed by atoms with van der Waals surface area (Å²) >= 11 is 12.9. The molecule has 2 aromatic heterocycles. The largest absolute Gasteiger partial charge is 0.508 e. The van der Waals surface area contributed by atoms with Crippen molar-refractivity contribution in [2.24, 2.45) is 5.92 Å². The van der Waals surface area contributed by atoms with Crippen LogP contribution < -0.4 is 15.1 Å². The van der Waals surface area contributed by atoms with E-state index in [1.54, 1.807) is 12.1 Å². The van der Waals surface area contributed by atoms with Crippen molar-refractivity contribution in [2.75, 3.05) is 22.9 Å². The molecule has 2 aliphatic heterocycles. The number of phenolic OH excluding ortho intramolecular Hbond substituents is 1. The van der Waals surface area contributed by atoms with E-state index in [1.165, 1.54) is 12.8 Å². The van der Waals surface area contributed by atoms with Crippen molar-refractivity contribution in [1.29, 1.82) is 0 Å². The number of hydrogen-bond acceptors (Lipinski definition) is 4. The van der Waals surface area contributed by atoms with Crippen LogP contribution in [0.25, 0.3) is 5.69 Å². The zero-order valence-electron chi connectivity index (χ0n) is 21.2. The molecule has 0 aliphatic carbocycles. The smallest absolute Gasteiger partial charge is 0.174 e. The number of nitrogens with one attached hydrogen (secondary N) is 1. The van der Waals surface area contributed by atoms with Gasteiger partial charge in [0, 0.05) is 42.6 Å². The highest BCUT2D eigenvalue weighted by molar-refractivity contribution is 7.80. The first-order valence-corrected chi connectivity index (χ1v) is 13.8. The molecule has 0 amide bonds. The third kappa shape index (κ3) is 4.61. The van der Waals surface area contributed by atoms with Crippen LogP contribution in [-0.2, 0) is 0 Å². The normalized spacial score (nSPS) is 20.1. The van der Waals surface area contributed by atoms with Crippen LogP contribution in [0.5, 0.6) is 5.75 Å². The van der Waals surface area contributed by atoms with Crippen LogP contribution in [-0.4, -0.2) is 32.9 Å². The summed E-state index contributed by atoms with van der Waals surface area (Å²) in [6, 6.07) is 23.2. The molecular weight excluding hydrogens is 514 g/mol. The summed E-state index contributed by atoms with van der Waals surface area (Å²) in [5.74, 6) is 0.989. The van der Waals surface area contributed by atoms with Crippen LogP contribution in [0.3, 0.4) is 0 Å². The number of aromatic hydroxyl groups is 1. The number of thiocarbonyl (C=S) groups is 1. The van der Waals surface area contributed by atoms with Gasteiger partial charge in [-0.15, -0.1) is 0 Å². The van der Waals surface area contributed by atoms with Crippen molar-refractivity contribution >= 4 is 40.3 Å². The zero-order chi connectivity index (χ0) is 26.2. The van der Waals surface area contributed by atoms with E-state index in [9.17, 15) is 5.11 Å². The average Bonchev–Trinajstić information content (AvgIpc) is 3.54. The van der Waals surface area contributed by atoms with Gasteiger partial charge >= 0.3 is 0 Å². The SMILES string of the molecule is CC1CCN(c2ccc(N3C(=S)NC(c4ccccn4)C3c3cccn3-c3ccc(O)cc3)cc2Cl)CC1. The fourth-order valence-corrected chi connectivity index (χ4v) is 6.21. The predicted octanol–water partition coefficient (Wildman–Crippen LogP) is 6.64. The molecule has 2 unspecified atom stereocenters. The summed E-state index contributed by atoms with van der Waals surface area (Å²) in [6.45, 7) is 4.36. The molecule has 2 saturated heterocycles. The van der Waals surface area contributed by atoms with Crippen LogP contribution in [0.2, 0.25) is 5.02 Å². The van der Waals surface area contributed by atoms with Gasteiger partial charge in [-0.1, -0.05) is 24.6 Å². The lowest BCUT2D eigenvalue weighted by atomic mass is 9.98. The molecule has 6 nitrogen and oxygen atoms in total. The number of halogens is 1. The molecule has 0 bridgehead atoms. The molecule has 194 valence electrons. The van der Waals surface area contributed by atoms with E-state index in [-0.39, 0.29) is 17.8 Å². The Labute approximate surface area is 233 Å². The van der Waals surface area contributed by atoms with Gasteiger partial charge in [0.25, 0.3) is 0 Å². The summed E-state index contributed by atoms with van der Waals surface area (Å²) in [5, 5.41) is 14.7. The summed E-state index contributed by atoms with van der Waals surface area (Å²) < 4.78 is 2.13. The van der Waals surface area contributed by atoms with Crippen molar-refractivity contribution < 1.29 is 5.11 Å². The molecule has 4 heterocycles. The Bertz CT molecular complexity index is 1430. The zero-order valence-corrected chi connectivity index (χ0v) is 22.7. The number of hydrogen-bond donors (Lipinski definition) is 2. The monoisotopic (exact) mass is 543 g/mol. The Morgan fingerprint density at radius 2 is 1.74 bits per heavy atom. The molecule has 0 saturated carbocycles. The minimum atomic E-state index is -0.182. The Balaban J connectivity index is 1.42. The second kappa shape index (κ2) is 10.3. The summed E-state index contributed by atoms with van der Waals surface area (Å²) in [5.41, 5.74) is 4.91. The maximum absolute atomic E-state index is 9.84. The number of anilines is 2. The van der Waals surface area contributed by atoms with Gasteiger partial charge in [0.2, 0.25) is 0 Å². The summed E-state index contributed by atoms with van der Waals surface area (Å²) in [7, 11) is 0. The van der Waals surface area contributed by atoms with Gasteiger partial charge < -0.3 is 24.8 Å². The Kier molecular flexibility index (Phi) is 6.72. The molecule has 0 spiro atoms. The molecule has 6 rings (SSSR count). The maximum Gasteiger partial charge on any atom is 0.174 e. The van der Waals surface area contributed by atoms with Crippen LogP contribution in [0.15, 0.2) is 85.2 Å². The van der Waals surface area contributed by atoms with Gasteiger partial charge in [0.1, 0.15) is 11.8 Å². The van der Waals surface area contributed by atoms with Crippen molar-refractivity contribution in [3.63, 3.8) is 0 Å². The van der Waals surface area contributed by atoms with Gasteiger partial charge in [0.15, 0.2) is 5.11 Å². The highest BCUT2D eigenvalue weighted by atomic mass is 35.5. The summed E-state index contributed by atoms with van der Waals surface area (Å²) in [6.07, 6.45) is 6.20. The van der Waals surface area contributed by atoms with Gasteiger partial charge in [-0.2, -0.15) is 0 Å². The average molecular weight is 544 g/mol. The number of aromatic nitrogens is 2. The van der Waals surface area contributed by atoms with Crippen molar-refractivity contribution in [1.82, 2.24) is 14.9 Å². The van der Waals surface area contributed by atoms with Crippen LogP contribution in [0.4, 0.5) is 11.4 Å². The third-order valence-electron chi connectivity index (χ3n) is 7.64. The maximum atomic E-state index is 9.84. The lowest BCUT2D eigenvalue weighted by Gasteiger charge is -2.33. The van der Waals surface area contributed by atoms with Crippen LogP contribution in [0.1, 0.15) is 43.2 Å². The Morgan fingerprint density at radius 3 is 2.45 bits per heavy atom. The highest BCUT2D eigenvalue weighted by Crippen LogP contribution is 2.44. The summed E-state index contributed by atoms with van der Waals surface area (Å²) in [4.78, 5) is 9.21. The standard InChI is InChI=1S/C30H30ClN5OS/c1-20-13-17-34(18-14-20)26-12-9-22(19-24(26)31)36-29(28(33-30(36)38)25-5-2-3-15-32-25)27-6-4-16-35(27)21-7-10-23(37)11-8-21/h2-12,15-16,19-20,28-29,37H,13-14,17-18H2,1H3,(H,33,38). The molecule has 0 radical (unpaired) electrons. The second-order valence-corrected chi connectivity index (χ2v) is 10.9. The van der Waals surface area contributed by atoms with E-state index in [0.29, 0.717) is 5.11 Å². The lowest BCUT2D eigenvalue weighted by molar-refractivity contribution is 0.438. The third-order valence-corrected chi connectivity index (χ3v) is 8.26. The van der Waals surface area contributed by atoms with E-state index < -0.39 is 0 Å². The van der Waals surface area contributed by atoms with Crippen molar-refractivity contribution in [2.45, 2.75) is 31.8 Å². The predicted molar refractivity (Wildman–Crippen MR) is 157 cm³/mol. The van der Waals surface area contributed by atoms with E-state index >= 15 is 0 Å². The molecule has 38 heavy (non-hydrogen) atoms. The van der Waals surface area contributed by atoms with Crippen molar-refractivity contribution in [3.05, 3.63) is 102 Å². The van der Waals surface area contributed by atoms with E-state index in [2.05, 4.69) is 49.8 Å². The van der Waals surface area contributed by atoms with Gasteiger partial charge in [-0.05, 0) is 97.7 Å². The fraction of sp³-hybridized carbons (Fsp3) is 0.267. The first-order valence-electron chi connectivity index (χ1n) is 13.0. The molecule has 8 heteroatoms. The molecular formula is C30H30ClN5OS. The molecule has 2 atom stereocenters. The van der Waals surface area contributed by atoms with Crippen LogP contribution >= 0.6 is 23.8 Å². The number of nitrogens with zero attached hydrogens (tertiary/aromatic N) is 4. The highest BCUT2D eigenvalue weighted by Gasteiger charge is 2.42. The topological polar surface area (TPSA) is 56.6 Å². The number of piperidine rings is 1. The van der Waals surface area contributed by atoms with Gasteiger partial charge in [0.05, 0.1) is 22.4 Å². The fourth-order valence-electron chi connectivity index (χ4n) is 5.57. The second-order valence-electron chi connectivity index (χ2n) is 10.1. The number of benzene rings is 2. The molecule has 2 N–H and O–H groups in total. The quantitative estimate of drug-likeness (QED) is 0.275. The van der Waals surface area contributed by atoms with Gasteiger partial charge in [-0.25, -0.2) is 0 Å². The molecule has 2 aromatic carbocycles. The van der Waals surface area contributed by atoms with Crippen molar-refractivity contribution in [3.8, 4) is 11.4 Å². The number of pyridine rings is 1. The molecule has 2 fully saturated rings. The first-order chi connectivity index (χ1) is 18.5. The van der Waals surface area contributed by atoms with Gasteiger partial charge in [-0.3, -0.25) is 4.98 Å². The van der Waals surface area contributed by atoms with E-state index in [0.717, 1.165) is 52.5 Å². The minimum Gasteiger partial charge on any atom is -0.508 e. The lowest BCUT2D eigenvalue weighted by Crippen LogP contribution is -2.33. The van der Waals surface area contributed by atoms with Crippen LogP contribution in [0, 0.1) is 5.92 Å². The Morgan fingerprint density at radius 1 is 0.974 bits per heavy atom.